The zero-order valence-electron chi connectivity index (χ0n) is 11.0. The lowest BCUT2D eigenvalue weighted by Crippen LogP contribution is -2.39. The Morgan fingerprint density at radius 2 is 2.21 bits per heavy atom. The van der Waals surface area contributed by atoms with Gasteiger partial charge in [-0.3, -0.25) is 4.98 Å². The molecule has 0 bridgehead atoms. The third kappa shape index (κ3) is 3.84. The minimum absolute atomic E-state index is 0.126. The third-order valence-electron chi connectivity index (χ3n) is 2.51. The summed E-state index contributed by atoms with van der Waals surface area (Å²) in [6.07, 6.45) is 5.01. The van der Waals surface area contributed by atoms with Crippen molar-refractivity contribution in [3.63, 3.8) is 0 Å². The van der Waals surface area contributed by atoms with Gasteiger partial charge in [0.2, 0.25) is 0 Å². The van der Waals surface area contributed by atoms with Crippen LogP contribution in [0.5, 0.6) is 0 Å². The maximum atomic E-state index is 11.4. The van der Waals surface area contributed by atoms with Crippen molar-refractivity contribution in [2.24, 2.45) is 0 Å². The van der Waals surface area contributed by atoms with E-state index in [1.165, 1.54) is 0 Å². The van der Waals surface area contributed by atoms with Gasteiger partial charge in [-0.1, -0.05) is 6.07 Å². The van der Waals surface area contributed by atoms with Crippen molar-refractivity contribution < 1.29 is 9.21 Å². The zero-order valence-corrected chi connectivity index (χ0v) is 11.0. The van der Waals surface area contributed by atoms with E-state index >= 15 is 0 Å². The summed E-state index contributed by atoms with van der Waals surface area (Å²) in [6, 6.07) is 5.65. The molecular weight excluding hydrogens is 242 g/mol. The fourth-order valence-corrected chi connectivity index (χ4v) is 1.61. The normalized spacial score (nSPS) is 10.5. The first kappa shape index (κ1) is 13.1. The number of amides is 2. The fraction of sp³-hybridized carbons (Fsp3) is 0.286. The van der Waals surface area contributed by atoms with Crippen molar-refractivity contribution in [3.8, 4) is 11.3 Å². The van der Waals surface area contributed by atoms with Crippen LogP contribution in [0.4, 0.5) is 4.79 Å². The van der Waals surface area contributed by atoms with Crippen molar-refractivity contribution in [3.05, 3.63) is 42.5 Å². The van der Waals surface area contributed by atoms with Crippen molar-refractivity contribution in [1.29, 1.82) is 0 Å². The number of hydrogen-bond donors (Lipinski definition) is 2. The van der Waals surface area contributed by atoms with Gasteiger partial charge in [-0.25, -0.2) is 4.79 Å². The first-order valence-corrected chi connectivity index (χ1v) is 6.17. The SMILES string of the molecule is CC(C)NC(=O)NCc1ccc(-c2ccoc2)nc1. The predicted molar refractivity (Wildman–Crippen MR) is 72.4 cm³/mol. The van der Waals surface area contributed by atoms with Crippen molar-refractivity contribution in [2.75, 3.05) is 0 Å². The molecule has 19 heavy (non-hydrogen) atoms. The molecule has 0 spiro atoms. The first-order chi connectivity index (χ1) is 9.15. The number of pyridine rings is 1. The van der Waals surface area contributed by atoms with Gasteiger partial charge in [0.05, 0.1) is 18.2 Å². The highest BCUT2D eigenvalue weighted by molar-refractivity contribution is 5.74. The largest absolute Gasteiger partial charge is 0.472 e. The second kappa shape index (κ2) is 6.04. The molecule has 5 nitrogen and oxygen atoms in total. The molecule has 0 aliphatic rings. The molecule has 0 aliphatic heterocycles. The van der Waals surface area contributed by atoms with Crippen molar-refractivity contribution in [1.82, 2.24) is 15.6 Å². The fourth-order valence-electron chi connectivity index (χ4n) is 1.61. The summed E-state index contributed by atoms with van der Waals surface area (Å²) in [5.74, 6) is 0. The van der Waals surface area contributed by atoms with Gasteiger partial charge in [-0.15, -0.1) is 0 Å². The highest BCUT2D eigenvalue weighted by Crippen LogP contribution is 2.16. The average molecular weight is 259 g/mol. The summed E-state index contributed by atoms with van der Waals surface area (Å²) >= 11 is 0. The Labute approximate surface area is 112 Å². The summed E-state index contributed by atoms with van der Waals surface area (Å²) < 4.78 is 5.01. The van der Waals surface area contributed by atoms with Crippen LogP contribution in [-0.2, 0) is 6.54 Å². The van der Waals surface area contributed by atoms with E-state index in [0.717, 1.165) is 16.8 Å². The number of aromatic nitrogens is 1. The molecule has 2 rings (SSSR count). The first-order valence-electron chi connectivity index (χ1n) is 6.17. The van der Waals surface area contributed by atoms with Crippen LogP contribution in [0.25, 0.3) is 11.3 Å². The third-order valence-corrected chi connectivity index (χ3v) is 2.51. The second-order valence-corrected chi connectivity index (χ2v) is 4.55. The monoisotopic (exact) mass is 259 g/mol. The van der Waals surface area contributed by atoms with Gasteiger partial charge >= 0.3 is 6.03 Å². The zero-order chi connectivity index (χ0) is 13.7. The molecule has 0 aromatic carbocycles. The number of carbonyl (C=O) groups excluding carboxylic acids is 1. The van der Waals surface area contributed by atoms with Gasteiger partial charge in [0.25, 0.3) is 0 Å². The van der Waals surface area contributed by atoms with Crippen molar-refractivity contribution >= 4 is 6.03 Å². The van der Waals surface area contributed by atoms with E-state index in [1.807, 2.05) is 32.0 Å². The molecule has 0 radical (unpaired) electrons. The summed E-state index contributed by atoms with van der Waals surface area (Å²) in [6.45, 7) is 4.29. The van der Waals surface area contributed by atoms with Gasteiger partial charge in [0, 0.05) is 24.3 Å². The number of furan rings is 1. The van der Waals surface area contributed by atoms with Crippen LogP contribution >= 0.6 is 0 Å². The summed E-state index contributed by atoms with van der Waals surface area (Å²) in [5.41, 5.74) is 2.74. The minimum atomic E-state index is -0.172. The van der Waals surface area contributed by atoms with E-state index in [9.17, 15) is 4.79 Å². The Morgan fingerprint density at radius 3 is 2.79 bits per heavy atom. The molecule has 2 aromatic rings. The molecule has 0 saturated heterocycles. The predicted octanol–water partition coefficient (Wildman–Crippen LogP) is 2.55. The molecule has 0 unspecified atom stereocenters. The van der Waals surface area contributed by atoms with E-state index in [4.69, 9.17) is 4.42 Å². The number of carbonyl (C=O) groups is 1. The second-order valence-electron chi connectivity index (χ2n) is 4.55. The average Bonchev–Trinajstić information content (AvgIpc) is 2.90. The van der Waals surface area contributed by atoms with E-state index < -0.39 is 0 Å². The van der Waals surface area contributed by atoms with E-state index in [0.29, 0.717) is 6.54 Å². The lowest BCUT2D eigenvalue weighted by atomic mass is 10.2. The van der Waals surface area contributed by atoms with Crippen LogP contribution in [0.3, 0.4) is 0 Å². The lowest BCUT2D eigenvalue weighted by molar-refractivity contribution is 0.238. The number of nitrogens with zero attached hydrogens (tertiary/aromatic N) is 1. The molecule has 2 heterocycles. The maximum Gasteiger partial charge on any atom is 0.315 e. The van der Waals surface area contributed by atoms with E-state index in [1.54, 1.807) is 18.7 Å². The molecule has 2 N–H and O–H groups in total. The highest BCUT2D eigenvalue weighted by Gasteiger charge is 2.04. The molecule has 0 aliphatic carbocycles. The van der Waals surface area contributed by atoms with Crippen LogP contribution in [0, 0.1) is 0 Å². The van der Waals surface area contributed by atoms with Crippen LogP contribution in [-0.4, -0.2) is 17.1 Å². The van der Waals surface area contributed by atoms with Gasteiger partial charge in [0.1, 0.15) is 0 Å². The van der Waals surface area contributed by atoms with E-state index in [2.05, 4.69) is 15.6 Å². The van der Waals surface area contributed by atoms with Gasteiger partial charge in [-0.2, -0.15) is 0 Å². The Bertz CT molecular complexity index is 518. The molecule has 2 aromatic heterocycles. The van der Waals surface area contributed by atoms with Gasteiger partial charge in [-0.05, 0) is 31.5 Å². The van der Waals surface area contributed by atoms with E-state index in [-0.39, 0.29) is 12.1 Å². The maximum absolute atomic E-state index is 11.4. The van der Waals surface area contributed by atoms with Gasteiger partial charge < -0.3 is 15.1 Å². The number of urea groups is 1. The van der Waals surface area contributed by atoms with Crippen molar-refractivity contribution in [2.45, 2.75) is 26.4 Å². The molecule has 100 valence electrons. The van der Waals surface area contributed by atoms with Crippen LogP contribution < -0.4 is 10.6 Å². The molecule has 5 heteroatoms. The Balaban J connectivity index is 1.91. The lowest BCUT2D eigenvalue weighted by Gasteiger charge is -2.10. The topological polar surface area (TPSA) is 67.2 Å². The number of nitrogens with one attached hydrogen (secondary N) is 2. The minimum Gasteiger partial charge on any atom is -0.472 e. The summed E-state index contributed by atoms with van der Waals surface area (Å²) in [5, 5.41) is 5.54. The number of rotatable bonds is 4. The molecule has 2 amide bonds. The number of hydrogen-bond acceptors (Lipinski definition) is 3. The van der Waals surface area contributed by atoms with Crippen LogP contribution in [0.1, 0.15) is 19.4 Å². The Hall–Kier alpha value is -2.30. The smallest absolute Gasteiger partial charge is 0.315 e. The molecule has 0 fully saturated rings. The standard InChI is InChI=1S/C14H17N3O2/c1-10(2)17-14(18)16-8-11-3-4-13(15-7-11)12-5-6-19-9-12/h3-7,9-10H,8H2,1-2H3,(H2,16,17,18). The quantitative estimate of drug-likeness (QED) is 0.886. The van der Waals surface area contributed by atoms with Gasteiger partial charge in [0.15, 0.2) is 0 Å². The van der Waals surface area contributed by atoms with Crippen LogP contribution in [0.2, 0.25) is 0 Å². The van der Waals surface area contributed by atoms with Crippen LogP contribution in [0.15, 0.2) is 41.3 Å². The summed E-state index contributed by atoms with van der Waals surface area (Å²) in [4.78, 5) is 15.8. The summed E-state index contributed by atoms with van der Waals surface area (Å²) in [7, 11) is 0. The molecular formula is C14H17N3O2. The Kier molecular flexibility index (Phi) is 4.18. The Morgan fingerprint density at radius 1 is 1.37 bits per heavy atom. The molecule has 0 saturated carbocycles. The highest BCUT2D eigenvalue weighted by atomic mass is 16.3. The molecule has 0 atom stereocenters.